The van der Waals surface area contributed by atoms with E-state index in [-0.39, 0.29) is 5.56 Å². The van der Waals surface area contributed by atoms with Crippen LogP contribution in [0.25, 0.3) is 88.6 Å². The van der Waals surface area contributed by atoms with Crippen LogP contribution in [0.5, 0.6) is 0 Å². The van der Waals surface area contributed by atoms with Gasteiger partial charge in [0.15, 0.2) is 5.82 Å². The van der Waals surface area contributed by atoms with E-state index in [2.05, 4.69) is 126 Å². The zero-order chi connectivity index (χ0) is 40.7. The van der Waals surface area contributed by atoms with E-state index >= 15 is 0 Å². The van der Waals surface area contributed by atoms with Gasteiger partial charge < -0.3 is 9.13 Å². The van der Waals surface area contributed by atoms with Crippen molar-refractivity contribution < 1.29 is 13.2 Å². The molecule has 0 aliphatic heterocycles. The molecule has 59 heavy (non-hydrogen) atoms. The lowest BCUT2D eigenvalue weighted by molar-refractivity contribution is -0.137. The van der Waals surface area contributed by atoms with E-state index in [4.69, 9.17) is 9.97 Å². The van der Waals surface area contributed by atoms with Crippen LogP contribution in [0.2, 0.25) is 0 Å². The van der Waals surface area contributed by atoms with Crippen molar-refractivity contribution in [1.82, 2.24) is 24.1 Å². The summed E-state index contributed by atoms with van der Waals surface area (Å²) in [7, 11) is 0. The molecular formula is C51H38F3N5. The normalized spacial score (nSPS) is 12.1. The van der Waals surface area contributed by atoms with Gasteiger partial charge in [-0.2, -0.15) is 13.2 Å². The monoisotopic (exact) mass is 777 g/mol. The number of rotatable bonds is 5. The minimum Gasteiger partial charge on any atom is -0.309 e. The molecule has 288 valence electrons. The number of hydrogen-bond acceptors (Lipinski definition) is 3. The van der Waals surface area contributed by atoms with E-state index in [9.17, 15) is 13.2 Å². The smallest absolute Gasteiger partial charge is 0.309 e. The largest absolute Gasteiger partial charge is 0.417 e. The molecule has 3 heterocycles. The molecule has 0 saturated carbocycles. The Morgan fingerprint density at radius 1 is 0.407 bits per heavy atom. The first-order chi connectivity index (χ1) is 28.4. The van der Waals surface area contributed by atoms with E-state index in [0.717, 1.165) is 94.4 Å². The summed E-state index contributed by atoms with van der Waals surface area (Å²) in [5.41, 5.74) is 11.4. The average Bonchev–Trinajstić information content (AvgIpc) is 3.71. The molecule has 5 nitrogen and oxygen atoms in total. The van der Waals surface area contributed by atoms with Gasteiger partial charge in [-0.05, 0) is 124 Å². The highest BCUT2D eigenvalue weighted by atomic mass is 19.4. The van der Waals surface area contributed by atoms with Crippen molar-refractivity contribution in [2.24, 2.45) is 0 Å². The highest BCUT2D eigenvalue weighted by Gasteiger charge is 2.33. The van der Waals surface area contributed by atoms with Crippen LogP contribution >= 0.6 is 0 Å². The third kappa shape index (κ3) is 6.06. The summed E-state index contributed by atoms with van der Waals surface area (Å²) in [5.74, 6) is 1.68. The molecule has 8 heteroatoms. The number of aromatic nitrogens is 5. The zero-order valence-electron chi connectivity index (χ0n) is 33.1. The molecule has 0 unspecified atom stereocenters. The summed E-state index contributed by atoms with van der Waals surface area (Å²) in [6, 6.07) is 45.4. The van der Waals surface area contributed by atoms with Crippen LogP contribution in [0.15, 0.2) is 140 Å². The molecule has 0 aliphatic carbocycles. The molecule has 0 fully saturated rings. The van der Waals surface area contributed by atoms with Gasteiger partial charge in [-0.3, -0.25) is 0 Å². The Kier molecular flexibility index (Phi) is 8.32. The van der Waals surface area contributed by atoms with Gasteiger partial charge in [0.1, 0.15) is 11.6 Å². The van der Waals surface area contributed by atoms with Crippen molar-refractivity contribution in [3.8, 4) is 45.0 Å². The Morgan fingerprint density at radius 2 is 0.864 bits per heavy atom. The Hall–Kier alpha value is -7.06. The van der Waals surface area contributed by atoms with Gasteiger partial charge in [0.2, 0.25) is 0 Å². The lowest BCUT2D eigenvalue weighted by Gasteiger charge is -2.20. The minimum atomic E-state index is -4.54. The second kappa shape index (κ2) is 13.5. The molecule has 0 atom stereocenters. The molecular weight excluding hydrogens is 740 g/mol. The number of aryl methyl sites for hydroxylation is 5. The standard InChI is InChI=1S/C51H38F3N5/c1-29-14-19-46-39(24-29)37-11-7-9-13-44(37)58(46)49-23-18-35(28-42(49)50-56-32(4)55-33(5)57-50)38-27-34(36-10-6-8-12-43(36)51(52,53)54)17-22-45(38)59-47-20-15-30(2)25-40(47)41-26-31(3)16-21-48(41)59/h6-28H,1-5H3. The number of nitrogens with zero attached hydrogens (tertiary/aromatic N) is 5. The van der Waals surface area contributed by atoms with Gasteiger partial charge >= 0.3 is 6.18 Å². The predicted molar refractivity (Wildman–Crippen MR) is 233 cm³/mol. The summed E-state index contributed by atoms with van der Waals surface area (Å²) < 4.78 is 48.2. The van der Waals surface area contributed by atoms with Crippen molar-refractivity contribution in [2.45, 2.75) is 40.8 Å². The summed E-state index contributed by atoms with van der Waals surface area (Å²) in [6.45, 7) is 9.98. The van der Waals surface area contributed by atoms with Crippen LogP contribution in [0.1, 0.15) is 33.9 Å². The topological polar surface area (TPSA) is 48.5 Å². The molecule has 3 aromatic heterocycles. The van der Waals surface area contributed by atoms with Gasteiger partial charge in [0.25, 0.3) is 0 Å². The Labute approximate surface area is 339 Å². The van der Waals surface area contributed by atoms with Crippen LogP contribution in [-0.4, -0.2) is 24.1 Å². The first kappa shape index (κ1) is 36.3. The first-order valence-corrected chi connectivity index (χ1v) is 19.6. The predicted octanol–water partition coefficient (Wildman–Crippen LogP) is 13.6. The Bertz CT molecular complexity index is 3250. The van der Waals surface area contributed by atoms with E-state index in [1.165, 1.54) is 6.07 Å². The highest BCUT2D eigenvalue weighted by Crippen LogP contribution is 2.44. The molecule has 0 N–H and O–H groups in total. The van der Waals surface area contributed by atoms with Crippen LogP contribution in [0, 0.1) is 34.6 Å². The molecule has 7 aromatic carbocycles. The van der Waals surface area contributed by atoms with Crippen LogP contribution in [0.3, 0.4) is 0 Å². The number of hydrogen-bond donors (Lipinski definition) is 0. The van der Waals surface area contributed by atoms with Gasteiger partial charge in [0, 0.05) is 32.7 Å². The van der Waals surface area contributed by atoms with Gasteiger partial charge in [-0.15, -0.1) is 0 Å². The van der Waals surface area contributed by atoms with E-state index in [1.807, 2.05) is 32.0 Å². The molecule has 0 saturated heterocycles. The average molecular weight is 778 g/mol. The molecule has 0 aliphatic rings. The molecule has 10 rings (SSSR count). The molecule has 0 spiro atoms. The quantitative estimate of drug-likeness (QED) is 0.175. The van der Waals surface area contributed by atoms with E-state index in [1.54, 1.807) is 18.2 Å². The van der Waals surface area contributed by atoms with Crippen LogP contribution in [0.4, 0.5) is 13.2 Å². The number of para-hydroxylation sites is 1. The highest BCUT2D eigenvalue weighted by molar-refractivity contribution is 6.11. The maximum absolute atomic E-state index is 14.6. The van der Waals surface area contributed by atoms with Gasteiger partial charge in [-0.1, -0.05) is 83.4 Å². The summed E-state index contributed by atoms with van der Waals surface area (Å²) >= 11 is 0. The fraction of sp³-hybridized carbons (Fsp3) is 0.118. The number of fused-ring (bicyclic) bond motifs is 6. The van der Waals surface area contributed by atoms with Crippen molar-refractivity contribution in [3.63, 3.8) is 0 Å². The summed E-state index contributed by atoms with van der Waals surface area (Å²) in [4.78, 5) is 14.3. The third-order valence-corrected chi connectivity index (χ3v) is 11.3. The third-order valence-electron chi connectivity index (χ3n) is 11.3. The second-order valence-corrected chi connectivity index (χ2v) is 15.5. The van der Waals surface area contributed by atoms with Crippen molar-refractivity contribution in [2.75, 3.05) is 0 Å². The molecule has 0 bridgehead atoms. The Morgan fingerprint density at radius 3 is 1.44 bits per heavy atom. The van der Waals surface area contributed by atoms with Crippen LogP contribution < -0.4 is 0 Å². The maximum Gasteiger partial charge on any atom is 0.417 e. The number of alkyl halides is 3. The summed E-state index contributed by atoms with van der Waals surface area (Å²) in [5, 5.41) is 4.47. The summed E-state index contributed by atoms with van der Waals surface area (Å²) in [6.07, 6.45) is -4.54. The maximum atomic E-state index is 14.6. The number of halogens is 3. The molecule has 0 radical (unpaired) electrons. The molecule has 0 amide bonds. The van der Waals surface area contributed by atoms with Crippen molar-refractivity contribution in [1.29, 1.82) is 0 Å². The minimum absolute atomic E-state index is 0.113. The molecule has 10 aromatic rings. The fourth-order valence-electron chi connectivity index (χ4n) is 8.78. The number of benzene rings is 7. The van der Waals surface area contributed by atoms with Crippen molar-refractivity contribution in [3.05, 3.63) is 173 Å². The van der Waals surface area contributed by atoms with E-state index < -0.39 is 11.7 Å². The fourth-order valence-corrected chi connectivity index (χ4v) is 8.78. The zero-order valence-corrected chi connectivity index (χ0v) is 33.1. The van der Waals surface area contributed by atoms with Crippen molar-refractivity contribution >= 4 is 43.6 Å². The Balaban J connectivity index is 1.31. The van der Waals surface area contributed by atoms with E-state index in [0.29, 0.717) is 23.0 Å². The second-order valence-electron chi connectivity index (χ2n) is 15.5. The lowest BCUT2D eigenvalue weighted by atomic mass is 9.93. The first-order valence-electron chi connectivity index (χ1n) is 19.6. The van der Waals surface area contributed by atoms with Gasteiger partial charge in [0.05, 0.1) is 39.0 Å². The van der Waals surface area contributed by atoms with Gasteiger partial charge in [-0.25, -0.2) is 15.0 Å². The lowest BCUT2D eigenvalue weighted by Crippen LogP contribution is -2.07. The van der Waals surface area contributed by atoms with Crippen LogP contribution in [-0.2, 0) is 6.18 Å². The SMILES string of the molecule is Cc1ccc2c(c1)c1cc(C)ccc1n2-c1ccc(-c2ccccc2C(F)(F)F)cc1-c1ccc(-n2c3ccccc3c3cc(C)ccc32)c(-c2nc(C)nc(C)n2)c1.